The first-order valence-corrected chi connectivity index (χ1v) is 4.79. The van der Waals surface area contributed by atoms with E-state index in [0.29, 0.717) is 16.7 Å². The molecule has 0 saturated heterocycles. The Hall–Kier alpha value is -1.95. The van der Waals surface area contributed by atoms with Gasteiger partial charge in [-0.05, 0) is 17.7 Å². The first-order valence-electron chi connectivity index (χ1n) is 4.42. The molecule has 6 nitrogen and oxygen atoms in total. The SMILES string of the molecule is CNc1nc(Cl)nc2cccc([N+](=O)[O-])c12. The second-order valence-electron chi connectivity index (χ2n) is 3.02. The van der Waals surface area contributed by atoms with Gasteiger partial charge in [-0.25, -0.2) is 4.98 Å². The Labute approximate surface area is 95.4 Å². The number of nitrogens with zero attached hydrogens (tertiary/aromatic N) is 3. The number of non-ortho nitro benzene ring substituents is 1. The predicted octanol–water partition coefficient (Wildman–Crippen LogP) is 2.23. The van der Waals surface area contributed by atoms with E-state index >= 15 is 0 Å². The highest BCUT2D eigenvalue weighted by Crippen LogP contribution is 2.30. The van der Waals surface area contributed by atoms with Gasteiger partial charge in [0.25, 0.3) is 5.69 Å². The predicted molar refractivity (Wildman–Crippen MR) is 60.7 cm³/mol. The number of hydrogen-bond acceptors (Lipinski definition) is 5. The zero-order valence-corrected chi connectivity index (χ0v) is 9.02. The number of halogens is 1. The fourth-order valence-corrected chi connectivity index (χ4v) is 1.65. The minimum Gasteiger partial charge on any atom is -0.372 e. The number of hydrogen-bond donors (Lipinski definition) is 1. The van der Waals surface area contributed by atoms with Crippen molar-refractivity contribution in [1.29, 1.82) is 0 Å². The Kier molecular flexibility index (Phi) is 2.57. The lowest BCUT2D eigenvalue weighted by atomic mass is 10.2. The lowest BCUT2D eigenvalue weighted by Crippen LogP contribution is -1.99. The number of rotatable bonds is 2. The van der Waals surface area contributed by atoms with Crippen molar-refractivity contribution in [1.82, 2.24) is 9.97 Å². The van der Waals surface area contributed by atoms with Gasteiger partial charge < -0.3 is 5.32 Å². The molecule has 16 heavy (non-hydrogen) atoms. The van der Waals surface area contributed by atoms with E-state index in [1.165, 1.54) is 6.07 Å². The van der Waals surface area contributed by atoms with Gasteiger partial charge in [-0.1, -0.05) is 6.07 Å². The number of nitro benzene ring substituents is 1. The van der Waals surface area contributed by atoms with E-state index in [2.05, 4.69) is 15.3 Å². The van der Waals surface area contributed by atoms with Gasteiger partial charge in [0.15, 0.2) is 0 Å². The molecule has 0 unspecified atom stereocenters. The van der Waals surface area contributed by atoms with Crippen LogP contribution < -0.4 is 5.32 Å². The van der Waals surface area contributed by atoms with Gasteiger partial charge in [-0.2, -0.15) is 4.98 Å². The summed E-state index contributed by atoms with van der Waals surface area (Å²) < 4.78 is 0. The number of nitrogens with one attached hydrogen (secondary N) is 1. The van der Waals surface area contributed by atoms with Crippen LogP contribution in [0.15, 0.2) is 18.2 Å². The first kappa shape index (κ1) is 10.6. The quantitative estimate of drug-likeness (QED) is 0.493. The second kappa shape index (κ2) is 3.90. The zero-order valence-electron chi connectivity index (χ0n) is 8.27. The third-order valence-electron chi connectivity index (χ3n) is 2.11. The van der Waals surface area contributed by atoms with Crippen LogP contribution in [0.1, 0.15) is 0 Å². The molecule has 0 spiro atoms. The highest BCUT2D eigenvalue weighted by Gasteiger charge is 2.17. The van der Waals surface area contributed by atoms with E-state index < -0.39 is 4.92 Å². The van der Waals surface area contributed by atoms with Crippen molar-refractivity contribution in [3.8, 4) is 0 Å². The number of fused-ring (bicyclic) bond motifs is 1. The molecule has 0 aliphatic carbocycles. The lowest BCUT2D eigenvalue weighted by Gasteiger charge is -2.05. The number of benzene rings is 1. The Morgan fingerprint density at radius 2 is 2.19 bits per heavy atom. The van der Waals surface area contributed by atoms with Gasteiger partial charge >= 0.3 is 0 Å². The van der Waals surface area contributed by atoms with Gasteiger partial charge in [-0.3, -0.25) is 10.1 Å². The maximum atomic E-state index is 10.9. The molecule has 0 atom stereocenters. The monoisotopic (exact) mass is 238 g/mol. The molecule has 0 radical (unpaired) electrons. The van der Waals surface area contributed by atoms with E-state index in [1.54, 1.807) is 19.2 Å². The normalized spacial score (nSPS) is 10.4. The minimum atomic E-state index is -0.472. The molecule has 1 aromatic carbocycles. The van der Waals surface area contributed by atoms with Gasteiger partial charge in [0.2, 0.25) is 5.28 Å². The molecule has 2 rings (SSSR count). The molecule has 0 bridgehead atoms. The van der Waals surface area contributed by atoms with E-state index in [-0.39, 0.29) is 11.0 Å². The molecule has 0 amide bonds. The van der Waals surface area contributed by atoms with Crippen LogP contribution in [0.2, 0.25) is 5.28 Å². The molecular formula is C9H7ClN4O2. The van der Waals surface area contributed by atoms with Crippen molar-refractivity contribution < 1.29 is 4.92 Å². The van der Waals surface area contributed by atoms with Crippen LogP contribution in [0.5, 0.6) is 0 Å². The van der Waals surface area contributed by atoms with E-state index in [9.17, 15) is 10.1 Å². The molecule has 0 saturated carbocycles. The van der Waals surface area contributed by atoms with Gasteiger partial charge in [0, 0.05) is 13.1 Å². The molecule has 0 fully saturated rings. The summed E-state index contributed by atoms with van der Waals surface area (Å²) >= 11 is 5.70. The van der Waals surface area contributed by atoms with E-state index in [1.807, 2.05) is 0 Å². The summed E-state index contributed by atoms with van der Waals surface area (Å²) in [7, 11) is 1.62. The van der Waals surface area contributed by atoms with Crippen LogP contribution >= 0.6 is 11.6 Å². The number of aromatic nitrogens is 2. The van der Waals surface area contributed by atoms with Crippen molar-refractivity contribution in [3.63, 3.8) is 0 Å². The number of anilines is 1. The summed E-state index contributed by atoms with van der Waals surface area (Å²) in [5.74, 6) is 0.349. The summed E-state index contributed by atoms with van der Waals surface area (Å²) in [5.41, 5.74) is 0.400. The fourth-order valence-electron chi connectivity index (χ4n) is 1.47. The smallest absolute Gasteiger partial charge is 0.282 e. The minimum absolute atomic E-state index is 0.0430. The fraction of sp³-hybridized carbons (Fsp3) is 0.111. The van der Waals surface area contributed by atoms with Crippen molar-refractivity contribution in [2.45, 2.75) is 0 Å². The highest BCUT2D eigenvalue weighted by atomic mass is 35.5. The van der Waals surface area contributed by atoms with Crippen molar-refractivity contribution in [2.24, 2.45) is 0 Å². The van der Waals surface area contributed by atoms with Crippen LogP contribution in [0.25, 0.3) is 10.9 Å². The topological polar surface area (TPSA) is 81.0 Å². The maximum Gasteiger partial charge on any atom is 0.282 e. The van der Waals surface area contributed by atoms with Crippen molar-refractivity contribution >= 4 is 34.0 Å². The molecule has 1 N–H and O–H groups in total. The summed E-state index contributed by atoms with van der Waals surface area (Å²) in [5, 5.41) is 14.0. The number of nitro groups is 1. The Bertz CT molecular complexity index is 573. The van der Waals surface area contributed by atoms with Gasteiger partial charge in [0.05, 0.1) is 10.4 Å². The van der Waals surface area contributed by atoms with Gasteiger partial charge in [0.1, 0.15) is 11.2 Å². The van der Waals surface area contributed by atoms with Gasteiger partial charge in [-0.15, -0.1) is 0 Å². The van der Waals surface area contributed by atoms with E-state index in [0.717, 1.165) is 0 Å². The molecule has 0 aliphatic heterocycles. The van der Waals surface area contributed by atoms with Crippen LogP contribution in [0, 0.1) is 10.1 Å². The molecule has 0 aliphatic rings. The lowest BCUT2D eigenvalue weighted by molar-refractivity contribution is -0.383. The maximum absolute atomic E-state index is 10.9. The average molecular weight is 239 g/mol. The van der Waals surface area contributed by atoms with E-state index in [4.69, 9.17) is 11.6 Å². The van der Waals surface area contributed by atoms with Crippen LogP contribution in [0.4, 0.5) is 11.5 Å². The summed E-state index contributed by atoms with van der Waals surface area (Å²) in [6.45, 7) is 0. The Balaban J connectivity index is 2.89. The first-order chi connectivity index (χ1) is 7.63. The Morgan fingerprint density at radius 1 is 1.44 bits per heavy atom. The summed E-state index contributed by atoms with van der Waals surface area (Å²) in [4.78, 5) is 18.2. The molecular weight excluding hydrogens is 232 g/mol. The summed E-state index contributed by atoms with van der Waals surface area (Å²) in [6, 6.07) is 4.61. The summed E-state index contributed by atoms with van der Waals surface area (Å²) in [6.07, 6.45) is 0. The zero-order chi connectivity index (χ0) is 11.7. The molecule has 82 valence electrons. The van der Waals surface area contributed by atoms with Crippen LogP contribution in [-0.4, -0.2) is 21.9 Å². The van der Waals surface area contributed by atoms with Crippen LogP contribution in [0.3, 0.4) is 0 Å². The van der Waals surface area contributed by atoms with Crippen LogP contribution in [-0.2, 0) is 0 Å². The molecule has 7 heteroatoms. The average Bonchev–Trinajstić information content (AvgIpc) is 2.26. The third-order valence-corrected chi connectivity index (χ3v) is 2.28. The molecule has 2 aromatic rings. The largest absolute Gasteiger partial charge is 0.372 e. The van der Waals surface area contributed by atoms with Crippen molar-refractivity contribution in [2.75, 3.05) is 12.4 Å². The molecule has 1 aromatic heterocycles. The standard InChI is InChI=1S/C9H7ClN4O2/c1-11-8-7-5(12-9(10)13-8)3-2-4-6(7)14(15)16/h2-4H,1H3,(H,11,12,13). The third kappa shape index (κ3) is 1.63. The highest BCUT2D eigenvalue weighted by molar-refractivity contribution is 6.29. The second-order valence-corrected chi connectivity index (χ2v) is 3.36. The van der Waals surface area contributed by atoms with Crippen molar-refractivity contribution in [3.05, 3.63) is 33.6 Å². The molecule has 1 heterocycles. The Morgan fingerprint density at radius 3 is 2.81 bits per heavy atom.